The van der Waals surface area contributed by atoms with Gasteiger partial charge in [-0.3, -0.25) is 4.98 Å². The summed E-state index contributed by atoms with van der Waals surface area (Å²) >= 11 is 0. The van der Waals surface area contributed by atoms with E-state index < -0.39 is 5.97 Å². The first-order valence-electron chi connectivity index (χ1n) is 6.35. The van der Waals surface area contributed by atoms with Crippen molar-refractivity contribution in [3.05, 3.63) is 60.3 Å². The summed E-state index contributed by atoms with van der Waals surface area (Å²) in [6, 6.07) is 9.18. The monoisotopic (exact) mass is 280 g/mol. The fraction of sp³-hybridized carbons (Fsp3) is 0.0667. The number of hydrogen-bond acceptors (Lipinski definition) is 5. The number of carboxylic acids is 1. The molecule has 21 heavy (non-hydrogen) atoms. The predicted octanol–water partition coefficient (Wildman–Crippen LogP) is 2.34. The molecule has 1 aromatic carbocycles. The zero-order valence-corrected chi connectivity index (χ0v) is 11.0. The molecule has 2 aromatic heterocycles. The number of nitrogens with zero attached hydrogens (tertiary/aromatic N) is 3. The molecular formula is C15H12N4O2. The second kappa shape index (κ2) is 5.54. The third-order valence-electron chi connectivity index (χ3n) is 3.10. The number of rotatable bonds is 4. The van der Waals surface area contributed by atoms with Gasteiger partial charge in [-0.1, -0.05) is 18.2 Å². The van der Waals surface area contributed by atoms with E-state index in [0.29, 0.717) is 12.2 Å². The van der Waals surface area contributed by atoms with Crippen molar-refractivity contribution in [3.63, 3.8) is 0 Å². The SMILES string of the molecule is O=C(O)c1cnc2ccccc2c1NCc1ccncn1. The van der Waals surface area contributed by atoms with Crippen LogP contribution in [0.15, 0.2) is 49.1 Å². The van der Waals surface area contributed by atoms with Crippen LogP contribution in [0.2, 0.25) is 0 Å². The lowest BCUT2D eigenvalue weighted by Gasteiger charge is -2.12. The molecule has 6 nitrogen and oxygen atoms in total. The highest BCUT2D eigenvalue weighted by Crippen LogP contribution is 2.26. The molecule has 0 saturated heterocycles. The normalized spacial score (nSPS) is 10.5. The van der Waals surface area contributed by atoms with Crippen LogP contribution in [0, 0.1) is 0 Å². The van der Waals surface area contributed by atoms with E-state index in [-0.39, 0.29) is 5.56 Å². The number of pyridine rings is 1. The van der Waals surface area contributed by atoms with Crippen LogP contribution >= 0.6 is 0 Å². The van der Waals surface area contributed by atoms with Gasteiger partial charge in [-0.2, -0.15) is 0 Å². The molecule has 3 rings (SSSR count). The lowest BCUT2D eigenvalue weighted by Crippen LogP contribution is -2.08. The van der Waals surface area contributed by atoms with Gasteiger partial charge in [0.2, 0.25) is 0 Å². The van der Waals surface area contributed by atoms with Crippen molar-refractivity contribution in [3.8, 4) is 0 Å². The van der Waals surface area contributed by atoms with Gasteiger partial charge in [-0.05, 0) is 12.1 Å². The van der Waals surface area contributed by atoms with Crippen LogP contribution in [0.1, 0.15) is 16.1 Å². The summed E-state index contributed by atoms with van der Waals surface area (Å²) in [5.74, 6) is -1.02. The van der Waals surface area contributed by atoms with Gasteiger partial charge in [0.05, 0.1) is 23.4 Å². The molecule has 2 heterocycles. The first kappa shape index (κ1) is 13.0. The largest absolute Gasteiger partial charge is 0.478 e. The summed E-state index contributed by atoms with van der Waals surface area (Å²) < 4.78 is 0. The van der Waals surface area contributed by atoms with Gasteiger partial charge in [0.15, 0.2) is 0 Å². The maximum atomic E-state index is 11.4. The highest BCUT2D eigenvalue weighted by atomic mass is 16.4. The fourth-order valence-corrected chi connectivity index (χ4v) is 2.10. The van der Waals surface area contributed by atoms with Crippen LogP contribution in [0.4, 0.5) is 5.69 Å². The average molecular weight is 280 g/mol. The molecule has 2 N–H and O–H groups in total. The van der Waals surface area contributed by atoms with Crippen LogP contribution < -0.4 is 5.32 Å². The number of fused-ring (bicyclic) bond motifs is 1. The Kier molecular flexibility index (Phi) is 3.42. The van der Waals surface area contributed by atoms with Crippen LogP contribution in [0.5, 0.6) is 0 Å². The molecule has 3 aromatic rings. The molecule has 0 aliphatic rings. The molecule has 0 aliphatic carbocycles. The Hall–Kier alpha value is -3.02. The Morgan fingerprint density at radius 1 is 1.19 bits per heavy atom. The summed E-state index contributed by atoms with van der Waals surface area (Å²) in [5.41, 5.74) is 2.21. The van der Waals surface area contributed by atoms with Gasteiger partial charge in [0, 0.05) is 17.8 Å². The lowest BCUT2D eigenvalue weighted by atomic mass is 10.1. The van der Waals surface area contributed by atoms with Crippen LogP contribution in [-0.2, 0) is 6.54 Å². The Morgan fingerprint density at radius 3 is 2.81 bits per heavy atom. The van der Waals surface area contributed by atoms with Gasteiger partial charge in [-0.15, -0.1) is 0 Å². The molecule has 104 valence electrons. The van der Waals surface area contributed by atoms with Crippen molar-refractivity contribution in [1.82, 2.24) is 15.0 Å². The third-order valence-corrected chi connectivity index (χ3v) is 3.10. The van der Waals surface area contributed by atoms with E-state index in [0.717, 1.165) is 16.6 Å². The van der Waals surface area contributed by atoms with Crippen LogP contribution in [0.25, 0.3) is 10.9 Å². The number of carboxylic acid groups (broad SMARTS) is 1. The maximum absolute atomic E-state index is 11.4. The van der Waals surface area contributed by atoms with Crippen molar-refractivity contribution in [1.29, 1.82) is 0 Å². The minimum Gasteiger partial charge on any atom is -0.478 e. The Labute approximate surface area is 120 Å². The molecule has 0 atom stereocenters. The molecule has 0 fully saturated rings. The highest BCUT2D eigenvalue weighted by molar-refractivity contribution is 6.04. The molecular weight excluding hydrogens is 268 g/mol. The van der Waals surface area contributed by atoms with Crippen molar-refractivity contribution in [2.24, 2.45) is 0 Å². The lowest BCUT2D eigenvalue weighted by molar-refractivity contribution is 0.0697. The Bertz CT molecular complexity index is 790. The topological polar surface area (TPSA) is 88.0 Å². The number of hydrogen-bond donors (Lipinski definition) is 2. The molecule has 0 bridgehead atoms. The van der Waals surface area contributed by atoms with Gasteiger partial charge >= 0.3 is 5.97 Å². The third kappa shape index (κ3) is 2.64. The van der Waals surface area contributed by atoms with E-state index in [9.17, 15) is 9.90 Å². The predicted molar refractivity (Wildman–Crippen MR) is 78.1 cm³/mol. The van der Waals surface area contributed by atoms with E-state index in [1.807, 2.05) is 24.3 Å². The Morgan fingerprint density at radius 2 is 2.05 bits per heavy atom. The fourth-order valence-electron chi connectivity index (χ4n) is 2.10. The van der Waals surface area contributed by atoms with Gasteiger partial charge < -0.3 is 10.4 Å². The molecule has 0 radical (unpaired) electrons. The zero-order valence-electron chi connectivity index (χ0n) is 11.0. The molecule has 0 spiro atoms. The van der Waals surface area contributed by atoms with E-state index >= 15 is 0 Å². The molecule has 0 aliphatic heterocycles. The number of benzene rings is 1. The minimum absolute atomic E-state index is 0.141. The first-order chi connectivity index (χ1) is 10.3. The second-order valence-corrected chi connectivity index (χ2v) is 4.42. The summed E-state index contributed by atoms with van der Waals surface area (Å²) in [6.07, 6.45) is 4.47. The van der Waals surface area contributed by atoms with Crippen LogP contribution in [-0.4, -0.2) is 26.0 Å². The summed E-state index contributed by atoms with van der Waals surface area (Å²) in [5, 5.41) is 13.2. The number of aromatic carboxylic acids is 1. The molecule has 0 amide bonds. The number of anilines is 1. The number of para-hydroxylation sites is 1. The van der Waals surface area contributed by atoms with Crippen molar-refractivity contribution in [2.45, 2.75) is 6.54 Å². The minimum atomic E-state index is -1.02. The van der Waals surface area contributed by atoms with Crippen LogP contribution in [0.3, 0.4) is 0 Å². The van der Waals surface area contributed by atoms with Crippen molar-refractivity contribution >= 4 is 22.6 Å². The highest BCUT2D eigenvalue weighted by Gasteiger charge is 2.14. The van der Waals surface area contributed by atoms with Gasteiger partial charge in [0.25, 0.3) is 0 Å². The first-order valence-corrected chi connectivity index (χ1v) is 6.35. The standard InChI is InChI=1S/C15H12N4O2/c20-15(21)12-8-17-13-4-2-1-3-11(13)14(12)18-7-10-5-6-16-9-19-10/h1-6,8-9H,7H2,(H,17,18)(H,20,21). The summed E-state index contributed by atoms with van der Waals surface area (Å²) in [7, 11) is 0. The zero-order chi connectivity index (χ0) is 14.7. The maximum Gasteiger partial charge on any atom is 0.339 e. The summed E-state index contributed by atoms with van der Waals surface area (Å²) in [6.45, 7) is 0.413. The van der Waals surface area contributed by atoms with E-state index in [1.54, 1.807) is 12.3 Å². The van der Waals surface area contributed by atoms with Gasteiger partial charge in [0.1, 0.15) is 11.9 Å². The molecule has 6 heteroatoms. The number of nitrogens with one attached hydrogen (secondary N) is 1. The second-order valence-electron chi connectivity index (χ2n) is 4.42. The van der Waals surface area contributed by atoms with E-state index in [1.165, 1.54) is 12.5 Å². The van der Waals surface area contributed by atoms with E-state index in [4.69, 9.17) is 0 Å². The average Bonchev–Trinajstić information content (AvgIpc) is 2.53. The molecule has 0 saturated carbocycles. The van der Waals surface area contributed by atoms with Crippen molar-refractivity contribution in [2.75, 3.05) is 5.32 Å². The summed E-state index contributed by atoms with van der Waals surface area (Å²) in [4.78, 5) is 23.5. The number of aromatic nitrogens is 3. The Balaban J connectivity index is 2.02. The van der Waals surface area contributed by atoms with E-state index in [2.05, 4.69) is 20.3 Å². The molecule has 0 unspecified atom stereocenters. The van der Waals surface area contributed by atoms with Gasteiger partial charge in [-0.25, -0.2) is 14.8 Å². The number of carbonyl (C=O) groups is 1. The quantitative estimate of drug-likeness (QED) is 0.762. The smallest absolute Gasteiger partial charge is 0.339 e. The van der Waals surface area contributed by atoms with Crippen molar-refractivity contribution < 1.29 is 9.90 Å².